The van der Waals surface area contributed by atoms with E-state index in [2.05, 4.69) is 0 Å². The minimum atomic E-state index is -1.38. The minimum Gasteiger partial charge on any atom is -0.458 e. The van der Waals surface area contributed by atoms with Gasteiger partial charge in [0, 0.05) is 43.1 Å². The van der Waals surface area contributed by atoms with Crippen molar-refractivity contribution in [2.24, 2.45) is 23.7 Å². The Morgan fingerprint density at radius 1 is 0.981 bits per heavy atom. The van der Waals surface area contributed by atoms with Gasteiger partial charge in [0.15, 0.2) is 17.7 Å². The third kappa shape index (κ3) is 9.12. The summed E-state index contributed by atoms with van der Waals surface area (Å²) in [6, 6.07) is 6.65. The number of nitrogens with two attached hydrogens (primary N) is 1. The standard InChI is InChI=1S/C41H65N3O10/c1-12-31-41(8)35(44(39(49)54-41)20-14-13-15-28-16-18-29(42)19-17-28)25(4)32(45)23(2)22-40(7,50-11)36(26(5)33(46)27(6)37(48)52-31)53-38-34(47)30(43(9)10)21-24(3)51-38/h16-19,23-27,30-31,34-36,38,47H,12-15,20-22,42H2,1-11H3/t23-,24-,25+,26+,27-,30+,31-,34-,35-,36-,38+,40-,41-/m1/s1. The number of Topliss-reactive ketones (excluding diaryl/α,β-unsaturated/α-hetero) is 2. The number of aliphatic hydroxyl groups is 1. The van der Waals surface area contributed by atoms with E-state index in [1.807, 2.05) is 64.0 Å². The first-order chi connectivity index (χ1) is 25.3. The van der Waals surface area contributed by atoms with Gasteiger partial charge in [0.05, 0.1) is 23.9 Å². The molecule has 13 heteroatoms. The van der Waals surface area contributed by atoms with Gasteiger partial charge in [0.1, 0.15) is 23.9 Å². The fourth-order valence-electron chi connectivity index (χ4n) is 9.00. The van der Waals surface area contributed by atoms with Crippen molar-refractivity contribution in [2.45, 2.75) is 148 Å². The molecule has 1 aromatic rings. The van der Waals surface area contributed by atoms with Crippen LogP contribution < -0.4 is 5.73 Å². The average Bonchev–Trinajstić information content (AvgIpc) is 3.39. The van der Waals surface area contributed by atoms with E-state index in [-0.39, 0.29) is 30.8 Å². The molecule has 304 valence electrons. The van der Waals surface area contributed by atoms with E-state index in [4.69, 9.17) is 29.4 Å². The number of aliphatic hydroxyl groups excluding tert-OH is 1. The van der Waals surface area contributed by atoms with E-state index in [0.717, 1.165) is 18.4 Å². The third-order valence-corrected chi connectivity index (χ3v) is 12.3. The summed E-state index contributed by atoms with van der Waals surface area (Å²) in [6.45, 7) is 14.3. The van der Waals surface area contributed by atoms with Gasteiger partial charge < -0.3 is 44.3 Å². The van der Waals surface area contributed by atoms with E-state index < -0.39 is 83.4 Å². The predicted octanol–water partition coefficient (Wildman–Crippen LogP) is 4.80. The Morgan fingerprint density at radius 2 is 1.63 bits per heavy atom. The molecule has 0 bridgehead atoms. The summed E-state index contributed by atoms with van der Waals surface area (Å²) in [7, 11) is 5.24. The number of ketones is 2. The van der Waals surface area contributed by atoms with Crippen molar-refractivity contribution in [3.05, 3.63) is 29.8 Å². The molecule has 0 unspecified atom stereocenters. The lowest BCUT2D eigenvalue weighted by molar-refractivity contribution is -0.295. The molecular formula is C41H65N3O10. The summed E-state index contributed by atoms with van der Waals surface area (Å²) in [5.41, 5.74) is 5.03. The molecule has 3 N–H and O–H groups in total. The van der Waals surface area contributed by atoms with E-state index in [0.29, 0.717) is 25.1 Å². The molecule has 0 aromatic heterocycles. The lowest BCUT2D eigenvalue weighted by Gasteiger charge is -2.47. The molecule has 13 nitrogen and oxygen atoms in total. The molecule has 3 aliphatic heterocycles. The first-order valence-electron chi connectivity index (χ1n) is 19.6. The number of methoxy groups -OCH3 is 1. The molecule has 0 radical (unpaired) electrons. The van der Waals surface area contributed by atoms with Crippen molar-refractivity contribution >= 4 is 29.3 Å². The van der Waals surface area contributed by atoms with Crippen LogP contribution in [-0.4, -0.2) is 120 Å². The van der Waals surface area contributed by atoms with E-state index in [1.54, 1.807) is 32.6 Å². The smallest absolute Gasteiger partial charge is 0.410 e. The zero-order chi connectivity index (χ0) is 40.3. The zero-order valence-electron chi connectivity index (χ0n) is 34.2. The van der Waals surface area contributed by atoms with Crippen LogP contribution in [0.2, 0.25) is 0 Å². The first kappa shape index (κ1) is 43.6. The SMILES string of the molecule is CC[C@H]1OC(=O)[C@H](C)C(=O)[C@H](C)[C@@H](O[C@@H]2O[C@H](C)C[C@H](N(C)C)[C@H]2O)[C@](C)(OC)C[C@@H](C)C(=O)[C@H](C)[C@H]2N(CCCCc3ccc(N)cc3)C(=O)O[C@]12C. The number of nitrogens with zero attached hydrogens (tertiary/aromatic N) is 2. The lowest BCUT2D eigenvalue weighted by Crippen LogP contribution is -2.60. The number of nitrogen functional groups attached to an aromatic ring is 1. The highest BCUT2D eigenvalue weighted by Crippen LogP contribution is 2.43. The van der Waals surface area contributed by atoms with Crippen LogP contribution in [0.4, 0.5) is 10.5 Å². The summed E-state index contributed by atoms with van der Waals surface area (Å²) in [4.78, 5) is 60.0. The molecule has 3 aliphatic rings. The van der Waals surface area contributed by atoms with Gasteiger partial charge in [0.2, 0.25) is 0 Å². The number of anilines is 1. The highest BCUT2D eigenvalue weighted by molar-refractivity contribution is 6.00. The monoisotopic (exact) mass is 759 g/mol. The molecule has 3 saturated heterocycles. The van der Waals surface area contributed by atoms with Crippen molar-refractivity contribution in [2.75, 3.05) is 33.5 Å². The maximum Gasteiger partial charge on any atom is 0.410 e. The number of cyclic esters (lactones) is 1. The Kier molecular flexibility index (Phi) is 14.4. The zero-order valence-corrected chi connectivity index (χ0v) is 34.2. The molecule has 0 spiro atoms. The summed E-state index contributed by atoms with van der Waals surface area (Å²) in [5, 5.41) is 11.4. The molecular weight excluding hydrogens is 694 g/mol. The molecule has 3 heterocycles. The number of amides is 1. The van der Waals surface area contributed by atoms with Crippen LogP contribution in [0.3, 0.4) is 0 Å². The number of carbonyl (C=O) groups is 4. The second kappa shape index (κ2) is 17.8. The van der Waals surface area contributed by atoms with E-state index >= 15 is 0 Å². The maximum absolute atomic E-state index is 14.6. The number of carbonyl (C=O) groups excluding carboxylic acids is 4. The number of benzene rings is 1. The van der Waals surface area contributed by atoms with Crippen molar-refractivity contribution < 1.29 is 48.0 Å². The highest BCUT2D eigenvalue weighted by Gasteiger charge is 2.60. The van der Waals surface area contributed by atoms with Crippen LogP contribution in [0.5, 0.6) is 0 Å². The van der Waals surface area contributed by atoms with E-state index in [1.165, 1.54) is 14.0 Å². The van der Waals surface area contributed by atoms with Crippen molar-refractivity contribution in [3.63, 3.8) is 0 Å². The average molecular weight is 760 g/mol. The third-order valence-electron chi connectivity index (χ3n) is 12.3. The fraction of sp³-hybridized carbons (Fsp3) is 0.756. The molecule has 3 fully saturated rings. The second-order valence-electron chi connectivity index (χ2n) is 16.6. The Hall–Kier alpha value is -3.10. The van der Waals surface area contributed by atoms with Gasteiger partial charge in [-0.3, -0.25) is 14.4 Å². The molecule has 1 aromatic carbocycles. The number of fused-ring (bicyclic) bond motifs is 1. The Labute approximate surface area is 321 Å². The number of esters is 1. The largest absolute Gasteiger partial charge is 0.458 e. The first-order valence-corrected chi connectivity index (χ1v) is 19.6. The summed E-state index contributed by atoms with van der Waals surface area (Å²) in [6.07, 6.45) is -1.76. The Bertz CT molecular complexity index is 1470. The highest BCUT2D eigenvalue weighted by atomic mass is 16.7. The van der Waals surface area contributed by atoms with Gasteiger partial charge in [-0.05, 0) is 98.0 Å². The number of rotatable bonds is 10. The number of ether oxygens (including phenoxy) is 5. The Balaban J connectivity index is 1.70. The molecule has 0 aliphatic carbocycles. The van der Waals surface area contributed by atoms with Crippen molar-refractivity contribution in [1.29, 1.82) is 0 Å². The topological polar surface area (TPSA) is 167 Å². The molecule has 13 atom stereocenters. The Morgan fingerprint density at radius 3 is 2.22 bits per heavy atom. The molecule has 4 rings (SSSR count). The van der Waals surface area contributed by atoms with Crippen LogP contribution in [-0.2, 0) is 44.5 Å². The van der Waals surface area contributed by atoms with Crippen LogP contribution in [0.1, 0.15) is 93.1 Å². The van der Waals surface area contributed by atoms with Gasteiger partial charge in [0.25, 0.3) is 0 Å². The normalized spacial score (nSPS) is 38.5. The number of hydrogen-bond donors (Lipinski definition) is 2. The summed E-state index contributed by atoms with van der Waals surface area (Å²) >= 11 is 0. The predicted molar refractivity (Wildman–Crippen MR) is 203 cm³/mol. The van der Waals surface area contributed by atoms with Crippen LogP contribution in [0.15, 0.2) is 24.3 Å². The van der Waals surface area contributed by atoms with Crippen molar-refractivity contribution in [1.82, 2.24) is 9.80 Å². The second-order valence-corrected chi connectivity index (χ2v) is 16.6. The summed E-state index contributed by atoms with van der Waals surface area (Å²) < 4.78 is 31.1. The fourth-order valence-corrected chi connectivity index (χ4v) is 9.00. The quantitative estimate of drug-likeness (QED) is 0.145. The summed E-state index contributed by atoms with van der Waals surface area (Å²) in [5.74, 6) is -4.88. The molecule has 1 amide bonds. The number of likely N-dealkylation sites (N-methyl/N-ethyl adjacent to an activating group) is 1. The van der Waals surface area contributed by atoms with Crippen LogP contribution in [0, 0.1) is 23.7 Å². The van der Waals surface area contributed by atoms with E-state index in [9.17, 15) is 24.3 Å². The van der Waals surface area contributed by atoms with Crippen molar-refractivity contribution in [3.8, 4) is 0 Å². The van der Waals surface area contributed by atoms with Gasteiger partial charge in [-0.1, -0.05) is 39.8 Å². The van der Waals surface area contributed by atoms with Gasteiger partial charge in [-0.2, -0.15) is 0 Å². The van der Waals surface area contributed by atoms with Gasteiger partial charge in [-0.15, -0.1) is 0 Å². The van der Waals surface area contributed by atoms with Gasteiger partial charge >= 0.3 is 12.1 Å². The molecule has 54 heavy (non-hydrogen) atoms. The van der Waals surface area contributed by atoms with Gasteiger partial charge in [-0.25, -0.2) is 4.79 Å². The number of aryl methyl sites for hydroxylation is 1. The van der Waals surface area contributed by atoms with Crippen LogP contribution >= 0.6 is 0 Å². The van der Waals surface area contributed by atoms with Crippen LogP contribution in [0.25, 0.3) is 0 Å². The maximum atomic E-state index is 14.6. The minimum absolute atomic E-state index is 0.139. The lowest BCUT2D eigenvalue weighted by atomic mass is 9.73. The number of unbranched alkanes of at least 4 members (excludes halogenated alkanes) is 1. The number of hydrogen-bond acceptors (Lipinski definition) is 12. The molecule has 0 saturated carbocycles.